The van der Waals surface area contributed by atoms with Gasteiger partial charge in [-0.05, 0) is 41.5 Å². The third-order valence-corrected chi connectivity index (χ3v) is 5.35. The predicted molar refractivity (Wildman–Crippen MR) is 104 cm³/mol. The lowest BCUT2D eigenvalue weighted by atomic mass is 9.85. The monoisotopic (exact) mass is 358 g/mol. The van der Waals surface area contributed by atoms with Crippen LogP contribution in [0.5, 0.6) is 0 Å². The highest BCUT2D eigenvalue weighted by Crippen LogP contribution is 2.36. The zero-order valence-corrected chi connectivity index (χ0v) is 15.1. The molecule has 1 aromatic heterocycles. The van der Waals surface area contributed by atoms with Crippen LogP contribution in [-0.2, 0) is 19.3 Å². The maximum Gasteiger partial charge on any atom is 0.191 e. The Balaban J connectivity index is 1.60. The number of aliphatic hydroxyl groups excluding tert-OH is 1. The minimum atomic E-state index is -0.516. The minimum absolute atomic E-state index is 0.322. The summed E-state index contributed by atoms with van der Waals surface area (Å²) in [4.78, 5) is 20.2. The summed E-state index contributed by atoms with van der Waals surface area (Å²) in [7, 11) is 0. The number of benzene rings is 2. The van der Waals surface area contributed by atoms with E-state index in [1.165, 1.54) is 34.6 Å². The first kappa shape index (κ1) is 17.6. The Bertz CT molecular complexity index is 903. The molecule has 3 aromatic rings. The second-order valence-corrected chi connectivity index (χ2v) is 6.96. The van der Waals surface area contributed by atoms with E-state index >= 15 is 0 Å². The molecule has 1 heterocycles. The quantitative estimate of drug-likeness (QED) is 0.709. The molecule has 0 atom stereocenters. The van der Waals surface area contributed by atoms with E-state index in [4.69, 9.17) is 5.11 Å². The zero-order chi connectivity index (χ0) is 18.6. The Labute approximate surface area is 158 Å². The average molecular weight is 358 g/mol. The molecule has 1 aliphatic carbocycles. The van der Waals surface area contributed by atoms with Gasteiger partial charge in [0.2, 0.25) is 0 Å². The minimum Gasteiger partial charge on any atom is -0.388 e. The number of carbonyl (C=O) groups is 1. The van der Waals surface area contributed by atoms with E-state index in [1.54, 1.807) is 0 Å². The predicted octanol–water partition coefficient (Wildman–Crippen LogP) is 3.51. The Kier molecular flexibility index (Phi) is 5.07. The molecule has 0 aliphatic heterocycles. The van der Waals surface area contributed by atoms with E-state index in [1.807, 2.05) is 0 Å². The van der Waals surface area contributed by atoms with Crippen LogP contribution in [0.15, 0.2) is 60.9 Å². The van der Waals surface area contributed by atoms with Gasteiger partial charge in [0.1, 0.15) is 12.4 Å². The van der Waals surface area contributed by atoms with Gasteiger partial charge in [-0.3, -0.25) is 4.79 Å². The van der Waals surface area contributed by atoms with Gasteiger partial charge in [-0.2, -0.15) is 0 Å². The third-order valence-electron chi connectivity index (χ3n) is 5.35. The molecule has 136 valence electrons. The van der Waals surface area contributed by atoms with Crippen LogP contribution in [0.2, 0.25) is 0 Å². The number of hydrogen-bond acceptors (Lipinski definition) is 4. The Morgan fingerprint density at radius 3 is 2.04 bits per heavy atom. The standard InChI is InChI=1S/C23H22N2O2/c26-15-22(27)18-13-24-23(25-14-18)12-11-21-19-7-3-1-5-16(19)9-10-17-6-2-4-8-20(17)21/h1-8,13-14,21,26H,9-12,15H2. The molecule has 1 aliphatic rings. The second kappa shape index (κ2) is 7.80. The molecule has 0 spiro atoms. The first-order valence-electron chi connectivity index (χ1n) is 9.37. The Hall–Kier alpha value is -2.85. The summed E-state index contributed by atoms with van der Waals surface area (Å²) in [5.41, 5.74) is 5.99. The maximum atomic E-state index is 11.5. The van der Waals surface area contributed by atoms with Crippen molar-refractivity contribution in [2.45, 2.75) is 31.6 Å². The average Bonchev–Trinajstić information content (AvgIpc) is 2.89. The summed E-state index contributed by atoms with van der Waals surface area (Å²) in [6, 6.07) is 17.4. The maximum absolute atomic E-state index is 11.5. The van der Waals surface area contributed by atoms with Crippen LogP contribution in [0, 0.1) is 0 Å². The fraction of sp³-hybridized carbons (Fsp3) is 0.261. The van der Waals surface area contributed by atoms with Gasteiger partial charge in [-0.15, -0.1) is 0 Å². The van der Waals surface area contributed by atoms with Gasteiger partial charge in [0.15, 0.2) is 5.78 Å². The van der Waals surface area contributed by atoms with Crippen molar-refractivity contribution in [2.75, 3.05) is 6.61 Å². The molecule has 4 rings (SSSR count). The summed E-state index contributed by atoms with van der Waals surface area (Å²) >= 11 is 0. The fourth-order valence-electron chi connectivity index (χ4n) is 3.94. The summed E-state index contributed by atoms with van der Waals surface area (Å²) in [6.45, 7) is -0.516. The van der Waals surface area contributed by atoms with Crippen molar-refractivity contribution in [3.8, 4) is 0 Å². The smallest absolute Gasteiger partial charge is 0.191 e. The number of Topliss-reactive ketones (excluding diaryl/α,β-unsaturated/α-hetero) is 1. The molecule has 4 nitrogen and oxygen atoms in total. The normalized spacial score (nSPS) is 13.5. The molecule has 0 amide bonds. The second-order valence-electron chi connectivity index (χ2n) is 6.96. The lowest BCUT2D eigenvalue weighted by Crippen LogP contribution is -2.09. The van der Waals surface area contributed by atoms with E-state index in [9.17, 15) is 4.79 Å². The van der Waals surface area contributed by atoms with Crippen LogP contribution in [-0.4, -0.2) is 27.5 Å². The Morgan fingerprint density at radius 1 is 0.926 bits per heavy atom. The summed E-state index contributed by atoms with van der Waals surface area (Å²) in [6.07, 6.45) is 6.81. The molecule has 1 N–H and O–H groups in total. The van der Waals surface area contributed by atoms with E-state index in [0.717, 1.165) is 31.5 Å². The third kappa shape index (κ3) is 3.67. The molecule has 4 heteroatoms. The number of aliphatic hydroxyl groups is 1. The Morgan fingerprint density at radius 2 is 1.48 bits per heavy atom. The van der Waals surface area contributed by atoms with E-state index in [-0.39, 0.29) is 5.78 Å². The van der Waals surface area contributed by atoms with Crippen LogP contribution < -0.4 is 0 Å². The van der Waals surface area contributed by atoms with E-state index < -0.39 is 6.61 Å². The fourth-order valence-corrected chi connectivity index (χ4v) is 3.94. The van der Waals surface area contributed by atoms with Gasteiger partial charge in [0.25, 0.3) is 0 Å². The number of rotatable bonds is 5. The molecule has 27 heavy (non-hydrogen) atoms. The van der Waals surface area contributed by atoms with Crippen molar-refractivity contribution in [3.63, 3.8) is 0 Å². The first-order valence-corrected chi connectivity index (χ1v) is 9.37. The lowest BCUT2D eigenvalue weighted by molar-refractivity contribution is 0.0903. The number of carbonyl (C=O) groups excluding carboxylic acids is 1. The van der Waals surface area contributed by atoms with Crippen molar-refractivity contribution >= 4 is 5.78 Å². The van der Waals surface area contributed by atoms with Gasteiger partial charge in [0, 0.05) is 24.7 Å². The molecular formula is C23H22N2O2. The SMILES string of the molecule is O=C(CO)c1cnc(CCC2c3ccccc3CCc3ccccc32)nc1. The van der Waals surface area contributed by atoms with Crippen molar-refractivity contribution in [1.82, 2.24) is 9.97 Å². The summed E-state index contributed by atoms with van der Waals surface area (Å²) in [5.74, 6) is 0.694. The number of aryl methyl sites for hydroxylation is 3. The van der Waals surface area contributed by atoms with Gasteiger partial charge < -0.3 is 5.11 Å². The number of nitrogens with zero attached hydrogens (tertiary/aromatic N) is 2. The molecule has 2 aromatic carbocycles. The van der Waals surface area contributed by atoms with Crippen LogP contribution >= 0.6 is 0 Å². The van der Waals surface area contributed by atoms with Crippen LogP contribution in [0.3, 0.4) is 0 Å². The number of hydrogen-bond donors (Lipinski definition) is 1. The molecule has 0 bridgehead atoms. The van der Waals surface area contributed by atoms with Gasteiger partial charge in [-0.25, -0.2) is 9.97 Å². The largest absolute Gasteiger partial charge is 0.388 e. The number of aromatic nitrogens is 2. The molecule has 0 radical (unpaired) electrons. The number of ketones is 1. The van der Waals surface area contributed by atoms with Crippen LogP contribution in [0.1, 0.15) is 50.8 Å². The highest BCUT2D eigenvalue weighted by molar-refractivity contribution is 5.96. The topological polar surface area (TPSA) is 63.1 Å². The van der Waals surface area contributed by atoms with E-state index in [2.05, 4.69) is 58.5 Å². The molecule has 0 unspecified atom stereocenters. The van der Waals surface area contributed by atoms with Gasteiger partial charge in [0.05, 0.1) is 5.56 Å². The number of fused-ring (bicyclic) bond motifs is 2. The molecular weight excluding hydrogens is 336 g/mol. The summed E-state index contributed by atoms with van der Waals surface area (Å²) < 4.78 is 0. The van der Waals surface area contributed by atoms with E-state index in [0.29, 0.717) is 11.5 Å². The van der Waals surface area contributed by atoms with Gasteiger partial charge in [-0.1, -0.05) is 48.5 Å². The van der Waals surface area contributed by atoms with Crippen molar-refractivity contribution in [1.29, 1.82) is 0 Å². The van der Waals surface area contributed by atoms with Crippen molar-refractivity contribution in [2.24, 2.45) is 0 Å². The van der Waals surface area contributed by atoms with Crippen molar-refractivity contribution < 1.29 is 9.90 Å². The first-order chi connectivity index (χ1) is 13.3. The van der Waals surface area contributed by atoms with Crippen molar-refractivity contribution in [3.05, 3.63) is 94.6 Å². The summed E-state index contributed by atoms with van der Waals surface area (Å²) in [5, 5.41) is 8.94. The molecule has 0 saturated carbocycles. The zero-order valence-electron chi connectivity index (χ0n) is 15.1. The highest BCUT2D eigenvalue weighted by atomic mass is 16.3. The highest BCUT2D eigenvalue weighted by Gasteiger charge is 2.23. The van der Waals surface area contributed by atoms with Crippen LogP contribution in [0.25, 0.3) is 0 Å². The molecule has 0 saturated heterocycles. The molecule has 0 fully saturated rings. The van der Waals surface area contributed by atoms with Crippen LogP contribution in [0.4, 0.5) is 0 Å². The van der Waals surface area contributed by atoms with Gasteiger partial charge >= 0.3 is 0 Å². The lowest BCUT2D eigenvalue weighted by Gasteiger charge is -2.20.